The first-order chi connectivity index (χ1) is 13.2. The average molecular weight is 394 g/mol. The summed E-state index contributed by atoms with van der Waals surface area (Å²) in [7, 11) is 0. The second kappa shape index (κ2) is 6.44. The number of Topliss-reactive ketones (excluding diaryl/α,β-unsaturated/α-hetero) is 1. The summed E-state index contributed by atoms with van der Waals surface area (Å²) in [5, 5.41) is 52.8. The molecule has 0 aliphatic heterocycles. The molecule has 2 unspecified atom stereocenters. The number of aliphatic hydroxyl groups is 5. The van der Waals surface area contributed by atoms with Gasteiger partial charge in [-0.25, -0.2) is 0 Å². The van der Waals surface area contributed by atoms with Gasteiger partial charge in [-0.2, -0.15) is 0 Å². The molecule has 4 aliphatic rings. The Kier molecular flexibility index (Phi) is 4.64. The lowest BCUT2D eigenvalue weighted by atomic mass is 9.45. The quantitative estimate of drug-likeness (QED) is 0.444. The molecule has 3 saturated carbocycles. The van der Waals surface area contributed by atoms with Gasteiger partial charge in [-0.1, -0.05) is 12.5 Å². The number of fused-ring (bicyclic) bond motifs is 5. The van der Waals surface area contributed by atoms with Crippen molar-refractivity contribution in [3.05, 3.63) is 11.6 Å². The fourth-order valence-corrected chi connectivity index (χ4v) is 7.40. The molecule has 0 bridgehead atoms. The Morgan fingerprint density at radius 2 is 1.96 bits per heavy atom. The zero-order chi connectivity index (χ0) is 20.5. The van der Waals surface area contributed by atoms with E-state index in [2.05, 4.69) is 0 Å². The molecule has 0 aromatic heterocycles. The lowest BCUT2D eigenvalue weighted by Crippen LogP contribution is -2.64. The third-order valence-electron chi connectivity index (χ3n) is 8.70. The fraction of sp³-hybridized carbons (Fsp3) is 0.810. The summed E-state index contributed by atoms with van der Waals surface area (Å²) >= 11 is 0. The largest absolute Gasteiger partial charge is 0.395 e. The second-order valence-electron chi connectivity index (χ2n) is 9.57. The third-order valence-corrected chi connectivity index (χ3v) is 8.70. The van der Waals surface area contributed by atoms with Crippen molar-refractivity contribution in [3.63, 3.8) is 0 Å². The monoisotopic (exact) mass is 394 g/mol. The standard InChI is InChI=1S/C21H30O7/c1-19-8-15(25)18-13(14(19)7-16(26)21(19,28)17(27)9-22)3-2-11-6-12(24)4-5-20(11,18)10-23/h6,13-16,18,22-23,25-26,28H,2-5,7-10H2,1H3/t13-,14-,15?,16?,18+,19-,20+,21-/m0/s1. The highest BCUT2D eigenvalue weighted by molar-refractivity contribution is 5.92. The van der Waals surface area contributed by atoms with Crippen molar-refractivity contribution >= 4 is 11.6 Å². The van der Waals surface area contributed by atoms with Crippen LogP contribution in [0.5, 0.6) is 0 Å². The van der Waals surface area contributed by atoms with E-state index in [0.717, 1.165) is 5.57 Å². The molecule has 28 heavy (non-hydrogen) atoms. The minimum atomic E-state index is -2.09. The molecule has 0 heterocycles. The van der Waals surface area contributed by atoms with Gasteiger partial charge in [-0.3, -0.25) is 9.59 Å². The summed E-state index contributed by atoms with van der Waals surface area (Å²) in [5.74, 6) is -1.37. The summed E-state index contributed by atoms with van der Waals surface area (Å²) < 4.78 is 0. The highest BCUT2D eigenvalue weighted by Crippen LogP contribution is 2.67. The minimum absolute atomic E-state index is 0.0480. The topological polar surface area (TPSA) is 135 Å². The molecule has 7 heteroatoms. The van der Waals surface area contributed by atoms with Crippen LogP contribution in [0.3, 0.4) is 0 Å². The van der Waals surface area contributed by atoms with Crippen molar-refractivity contribution in [1.82, 2.24) is 0 Å². The second-order valence-corrected chi connectivity index (χ2v) is 9.57. The van der Waals surface area contributed by atoms with Crippen LogP contribution in [0.2, 0.25) is 0 Å². The maximum atomic E-state index is 12.4. The Bertz CT molecular complexity index is 732. The highest BCUT2D eigenvalue weighted by Gasteiger charge is 2.71. The maximum absolute atomic E-state index is 12.4. The Balaban J connectivity index is 1.79. The first-order valence-corrected chi connectivity index (χ1v) is 10.2. The average Bonchev–Trinajstić information content (AvgIpc) is 2.88. The van der Waals surface area contributed by atoms with Gasteiger partial charge in [0.2, 0.25) is 0 Å². The Labute approximate surface area is 164 Å². The Hall–Kier alpha value is -1.12. The SMILES string of the molecule is C[C@]12CC(O)[C@H]3[C@@H](CCC4=CC(=O)CC[C@@]43CO)[C@@H]1CC(O)[C@]2(O)C(=O)CO. The molecule has 4 aliphatic carbocycles. The molecule has 0 radical (unpaired) electrons. The van der Waals surface area contributed by atoms with Crippen LogP contribution in [0.4, 0.5) is 0 Å². The van der Waals surface area contributed by atoms with E-state index in [-0.39, 0.29) is 43.0 Å². The molecule has 0 amide bonds. The van der Waals surface area contributed by atoms with Crippen molar-refractivity contribution < 1.29 is 35.1 Å². The number of ketones is 2. The smallest absolute Gasteiger partial charge is 0.192 e. The summed E-state index contributed by atoms with van der Waals surface area (Å²) in [4.78, 5) is 24.4. The van der Waals surface area contributed by atoms with Crippen LogP contribution in [0.25, 0.3) is 0 Å². The van der Waals surface area contributed by atoms with E-state index in [1.165, 1.54) is 0 Å². The third kappa shape index (κ3) is 2.28. The van der Waals surface area contributed by atoms with Crippen LogP contribution < -0.4 is 0 Å². The van der Waals surface area contributed by atoms with E-state index < -0.39 is 41.0 Å². The van der Waals surface area contributed by atoms with Crippen LogP contribution in [-0.4, -0.2) is 68.1 Å². The van der Waals surface area contributed by atoms with Gasteiger partial charge in [0.05, 0.1) is 18.8 Å². The number of aliphatic hydroxyl groups excluding tert-OH is 4. The number of hydrogen-bond acceptors (Lipinski definition) is 7. The van der Waals surface area contributed by atoms with E-state index in [9.17, 15) is 35.1 Å². The van der Waals surface area contributed by atoms with Crippen molar-refractivity contribution in [2.45, 2.75) is 63.3 Å². The molecule has 7 nitrogen and oxygen atoms in total. The van der Waals surface area contributed by atoms with E-state index in [1.54, 1.807) is 13.0 Å². The van der Waals surface area contributed by atoms with Gasteiger partial charge in [0.25, 0.3) is 0 Å². The van der Waals surface area contributed by atoms with Crippen molar-refractivity contribution in [2.24, 2.45) is 28.6 Å². The Morgan fingerprint density at radius 1 is 1.25 bits per heavy atom. The summed E-state index contributed by atoms with van der Waals surface area (Å²) in [5.41, 5.74) is -2.92. The van der Waals surface area contributed by atoms with Crippen LogP contribution in [-0.2, 0) is 9.59 Å². The molecule has 156 valence electrons. The van der Waals surface area contributed by atoms with Crippen molar-refractivity contribution in [1.29, 1.82) is 0 Å². The van der Waals surface area contributed by atoms with Crippen molar-refractivity contribution in [3.8, 4) is 0 Å². The summed E-state index contributed by atoms with van der Waals surface area (Å²) in [6.45, 7) is 0.702. The predicted octanol–water partition coefficient (Wildman–Crippen LogP) is -0.275. The van der Waals surface area contributed by atoms with Crippen LogP contribution in [0.15, 0.2) is 11.6 Å². The number of carbonyl (C=O) groups is 2. The molecule has 4 rings (SSSR count). The molecule has 0 saturated heterocycles. The molecule has 8 atom stereocenters. The summed E-state index contributed by atoms with van der Waals surface area (Å²) in [6.07, 6.45) is 1.85. The molecular weight excluding hydrogens is 364 g/mol. The zero-order valence-electron chi connectivity index (χ0n) is 16.2. The van der Waals surface area contributed by atoms with Gasteiger partial charge >= 0.3 is 0 Å². The molecular formula is C21H30O7. The Morgan fingerprint density at radius 3 is 2.61 bits per heavy atom. The first-order valence-electron chi connectivity index (χ1n) is 10.2. The van der Waals surface area contributed by atoms with E-state index in [1.807, 2.05) is 0 Å². The van der Waals surface area contributed by atoms with Crippen molar-refractivity contribution in [2.75, 3.05) is 13.2 Å². The van der Waals surface area contributed by atoms with Gasteiger partial charge in [-0.05, 0) is 55.9 Å². The predicted molar refractivity (Wildman–Crippen MR) is 97.9 cm³/mol. The maximum Gasteiger partial charge on any atom is 0.192 e. The number of carbonyl (C=O) groups excluding carboxylic acids is 2. The molecule has 0 aromatic rings. The summed E-state index contributed by atoms with van der Waals surface area (Å²) in [6, 6.07) is 0. The van der Waals surface area contributed by atoms with E-state index >= 15 is 0 Å². The molecule has 5 N–H and O–H groups in total. The minimum Gasteiger partial charge on any atom is -0.395 e. The highest BCUT2D eigenvalue weighted by atomic mass is 16.4. The van der Waals surface area contributed by atoms with Gasteiger partial charge in [0.15, 0.2) is 17.2 Å². The van der Waals surface area contributed by atoms with Crippen LogP contribution in [0, 0.1) is 28.6 Å². The lowest BCUT2D eigenvalue weighted by molar-refractivity contribution is -0.196. The number of hydrogen-bond donors (Lipinski definition) is 5. The molecule has 0 aromatic carbocycles. The van der Waals surface area contributed by atoms with Gasteiger partial charge in [-0.15, -0.1) is 0 Å². The molecule has 0 spiro atoms. The van der Waals surface area contributed by atoms with Crippen LogP contribution in [0.1, 0.15) is 45.4 Å². The van der Waals surface area contributed by atoms with Gasteiger partial charge in [0.1, 0.15) is 6.61 Å². The first kappa shape index (κ1) is 20.2. The fourth-order valence-electron chi connectivity index (χ4n) is 7.40. The normalized spacial score (nSPS) is 50.4. The number of rotatable bonds is 3. The molecule has 3 fully saturated rings. The van der Waals surface area contributed by atoms with Gasteiger partial charge < -0.3 is 25.5 Å². The van der Waals surface area contributed by atoms with Crippen LogP contribution >= 0.6 is 0 Å². The van der Waals surface area contributed by atoms with Gasteiger partial charge in [0, 0.05) is 17.3 Å². The lowest BCUT2D eigenvalue weighted by Gasteiger charge is -2.60. The van der Waals surface area contributed by atoms with E-state index in [4.69, 9.17) is 0 Å². The zero-order valence-corrected chi connectivity index (χ0v) is 16.2. The van der Waals surface area contributed by atoms with E-state index in [0.29, 0.717) is 25.7 Å².